The minimum atomic E-state index is 0.0618. The molecule has 0 saturated carbocycles. The molecule has 0 aliphatic carbocycles. The molecule has 0 unspecified atom stereocenters. The Labute approximate surface area is 115 Å². The number of rotatable bonds is 7. The minimum absolute atomic E-state index is 0.0618. The Kier molecular flexibility index (Phi) is 5.35. The van der Waals surface area contributed by atoms with E-state index in [4.69, 9.17) is 15.9 Å². The smallest absolute Gasteiger partial charge is 0.137 e. The Morgan fingerprint density at radius 2 is 2.16 bits per heavy atom. The van der Waals surface area contributed by atoms with Gasteiger partial charge in [0.15, 0.2) is 0 Å². The van der Waals surface area contributed by atoms with E-state index in [9.17, 15) is 0 Å². The van der Waals surface area contributed by atoms with Crippen LogP contribution in [0.1, 0.15) is 25.1 Å². The molecule has 6 nitrogen and oxygen atoms in total. The third-order valence-corrected chi connectivity index (χ3v) is 2.91. The van der Waals surface area contributed by atoms with E-state index in [1.54, 1.807) is 11.8 Å². The average Bonchev–Trinajstić information content (AvgIpc) is 2.59. The molecular formula is C13H25N5O. The number of anilines is 1. The summed E-state index contributed by atoms with van der Waals surface area (Å²) in [6, 6.07) is 0. The molecule has 1 aromatic heterocycles. The van der Waals surface area contributed by atoms with Crippen LogP contribution in [0.5, 0.6) is 0 Å². The van der Waals surface area contributed by atoms with E-state index in [0.717, 1.165) is 30.2 Å². The van der Waals surface area contributed by atoms with E-state index >= 15 is 0 Å². The Morgan fingerprint density at radius 1 is 1.53 bits per heavy atom. The predicted molar refractivity (Wildman–Crippen MR) is 77.9 cm³/mol. The summed E-state index contributed by atoms with van der Waals surface area (Å²) < 4.78 is 6.96. The lowest BCUT2D eigenvalue weighted by atomic mass is 10.1. The first-order valence-electron chi connectivity index (χ1n) is 6.50. The highest BCUT2D eigenvalue weighted by atomic mass is 16.5. The fourth-order valence-electron chi connectivity index (χ4n) is 2.25. The normalized spacial score (nSPS) is 11.1. The highest BCUT2D eigenvalue weighted by molar-refractivity contribution is 6.00. The van der Waals surface area contributed by atoms with Gasteiger partial charge in [0, 0.05) is 27.2 Å². The number of hydrogen-bond acceptors (Lipinski definition) is 4. The van der Waals surface area contributed by atoms with Crippen LogP contribution in [0.3, 0.4) is 0 Å². The van der Waals surface area contributed by atoms with Crippen LogP contribution in [0.2, 0.25) is 0 Å². The average molecular weight is 267 g/mol. The Bertz CT molecular complexity index is 438. The fourth-order valence-corrected chi connectivity index (χ4v) is 2.25. The Morgan fingerprint density at radius 3 is 2.63 bits per heavy atom. The van der Waals surface area contributed by atoms with Crippen LogP contribution in [0.25, 0.3) is 0 Å². The number of ether oxygens (including phenoxy) is 1. The summed E-state index contributed by atoms with van der Waals surface area (Å²) in [5.74, 6) is 1.47. The van der Waals surface area contributed by atoms with Crippen molar-refractivity contribution < 1.29 is 4.74 Å². The van der Waals surface area contributed by atoms with Crippen molar-refractivity contribution in [3.63, 3.8) is 0 Å². The van der Waals surface area contributed by atoms with E-state index in [1.165, 1.54) is 0 Å². The molecule has 1 rings (SSSR count). The second kappa shape index (κ2) is 6.56. The first-order chi connectivity index (χ1) is 8.88. The number of nitrogen functional groups attached to an aromatic ring is 1. The number of nitrogens with zero attached hydrogens (tertiary/aromatic N) is 3. The van der Waals surface area contributed by atoms with Crippen molar-refractivity contribution in [2.75, 3.05) is 31.7 Å². The maximum absolute atomic E-state index is 7.75. The largest absolute Gasteiger partial charge is 0.384 e. The van der Waals surface area contributed by atoms with Gasteiger partial charge < -0.3 is 15.4 Å². The Balaban J connectivity index is 3.16. The number of aromatic nitrogens is 2. The van der Waals surface area contributed by atoms with Gasteiger partial charge in [0.05, 0.1) is 17.9 Å². The first-order valence-corrected chi connectivity index (χ1v) is 6.50. The number of nitrogens with one attached hydrogen (secondary N) is 1. The molecule has 0 radical (unpaired) electrons. The number of hydrogen-bond donors (Lipinski definition) is 2. The molecule has 1 aromatic rings. The van der Waals surface area contributed by atoms with E-state index in [0.29, 0.717) is 12.5 Å². The molecule has 0 amide bonds. The summed E-state index contributed by atoms with van der Waals surface area (Å²) in [5, 5.41) is 12.1. The third kappa shape index (κ3) is 3.70. The summed E-state index contributed by atoms with van der Waals surface area (Å²) in [6.07, 6.45) is 0. The molecule has 0 fully saturated rings. The van der Waals surface area contributed by atoms with Gasteiger partial charge in [-0.3, -0.25) is 10.1 Å². The molecule has 0 aliphatic heterocycles. The topological polar surface area (TPSA) is 80.2 Å². The van der Waals surface area contributed by atoms with Crippen LogP contribution in [-0.2, 0) is 11.8 Å². The van der Waals surface area contributed by atoms with Gasteiger partial charge in [0.2, 0.25) is 0 Å². The molecule has 1 heterocycles. The van der Waals surface area contributed by atoms with Crippen molar-refractivity contribution >= 4 is 11.7 Å². The van der Waals surface area contributed by atoms with Crippen molar-refractivity contribution in [1.29, 1.82) is 5.41 Å². The molecular weight excluding hydrogens is 242 g/mol. The van der Waals surface area contributed by atoms with Gasteiger partial charge in [-0.15, -0.1) is 0 Å². The lowest BCUT2D eigenvalue weighted by Crippen LogP contribution is -2.34. The van der Waals surface area contributed by atoms with Crippen molar-refractivity contribution in [2.24, 2.45) is 18.7 Å². The van der Waals surface area contributed by atoms with E-state index in [-0.39, 0.29) is 5.84 Å². The highest BCUT2D eigenvalue weighted by Gasteiger charge is 2.21. The van der Waals surface area contributed by atoms with Gasteiger partial charge in [-0.1, -0.05) is 13.8 Å². The number of aryl methyl sites for hydroxylation is 2. The molecule has 108 valence electrons. The van der Waals surface area contributed by atoms with Gasteiger partial charge in [-0.05, 0) is 12.8 Å². The molecule has 3 N–H and O–H groups in total. The number of methoxy groups -OCH3 is 1. The lowest BCUT2D eigenvalue weighted by Gasteiger charge is -2.27. The third-order valence-electron chi connectivity index (χ3n) is 2.91. The van der Waals surface area contributed by atoms with Crippen molar-refractivity contribution in [2.45, 2.75) is 20.8 Å². The second-order valence-corrected chi connectivity index (χ2v) is 5.15. The molecule has 0 atom stereocenters. The minimum Gasteiger partial charge on any atom is -0.384 e. The standard InChI is InChI=1S/C13H25N5O/c1-9(2)8-18(6-7-19-5)13-11(12(14)15)10(3)16-17(13)4/h9H,6-8H2,1-5H3,(H3,14,15). The van der Waals surface area contributed by atoms with E-state index in [2.05, 4.69) is 23.8 Å². The van der Waals surface area contributed by atoms with Crippen LogP contribution >= 0.6 is 0 Å². The SMILES string of the molecule is COCCN(CC(C)C)c1c(C(=N)N)c(C)nn1C. The van der Waals surface area contributed by atoms with Crippen LogP contribution in [-0.4, -0.2) is 42.4 Å². The van der Waals surface area contributed by atoms with Crippen LogP contribution < -0.4 is 10.6 Å². The monoisotopic (exact) mass is 267 g/mol. The molecule has 0 saturated heterocycles. The van der Waals surface area contributed by atoms with E-state index < -0.39 is 0 Å². The van der Waals surface area contributed by atoms with Crippen LogP contribution in [0.4, 0.5) is 5.82 Å². The van der Waals surface area contributed by atoms with Crippen LogP contribution in [0, 0.1) is 18.3 Å². The summed E-state index contributed by atoms with van der Waals surface area (Å²) in [7, 11) is 3.57. The number of amidine groups is 1. The lowest BCUT2D eigenvalue weighted by molar-refractivity contribution is 0.204. The highest BCUT2D eigenvalue weighted by Crippen LogP contribution is 2.23. The van der Waals surface area contributed by atoms with Gasteiger partial charge in [0.25, 0.3) is 0 Å². The Hall–Kier alpha value is -1.56. The van der Waals surface area contributed by atoms with Crippen LogP contribution in [0.15, 0.2) is 0 Å². The predicted octanol–water partition coefficient (Wildman–Crippen LogP) is 1.12. The zero-order valence-electron chi connectivity index (χ0n) is 12.5. The summed E-state index contributed by atoms with van der Waals surface area (Å²) in [6.45, 7) is 8.47. The molecule has 0 aliphatic rings. The zero-order valence-corrected chi connectivity index (χ0v) is 12.5. The first kappa shape index (κ1) is 15.5. The summed E-state index contributed by atoms with van der Waals surface area (Å²) >= 11 is 0. The molecule has 6 heteroatoms. The van der Waals surface area contributed by atoms with Gasteiger partial charge >= 0.3 is 0 Å². The van der Waals surface area contributed by atoms with Crippen molar-refractivity contribution in [3.8, 4) is 0 Å². The van der Waals surface area contributed by atoms with Gasteiger partial charge in [-0.25, -0.2) is 0 Å². The van der Waals surface area contributed by atoms with Gasteiger partial charge in [-0.2, -0.15) is 5.10 Å². The zero-order chi connectivity index (χ0) is 14.6. The van der Waals surface area contributed by atoms with Gasteiger partial charge in [0.1, 0.15) is 11.7 Å². The van der Waals surface area contributed by atoms with Crippen molar-refractivity contribution in [1.82, 2.24) is 9.78 Å². The van der Waals surface area contributed by atoms with Crippen molar-refractivity contribution in [3.05, 3.63) is 11.3 Å². The number of nitrogens with two attached hydrogens (primary N) is 1. The quantitative estimate of drug-likeness (QED) is 0.573. The maximum Gasteiger partial charge on any atom is 0.137 e. The fraction of sp³-hybridized carbons (Fsp3) is 0.692. The summed E-state index contributed by atoms with van der Waals surface area (Å²) in [4.78, 5) is 2.19. The molecule has 0 aromatic carbocycles. The molecule has 0 spiro atoms. The molecule has 19 heavy (non-hydrogen) atoms. The summed E-state index contributed by atoms with van der Waals surface area (Å²) in [5.41, 5.74) is 7.21. The maximum atomic E-state index is 7.75. The van der Waals surface area contributed by atoms with E-state index in [1.807, 2.05) is 14.0 Å². The second-order valence-electron chi connectivity index (χ2n) is 5.15. The molecule has 0 bridgehead atoms.